The lowest BCUT2D eigenvalue weighted by Crippen LogP contribution is -2.31. The van der Waals surface area contributed by atoms with Gasteiger partial charge in [-0.1, -0.05) is 20.3 Å². The molecule has 0 saturated carbocycles. The average molecular weight is 307 g/mol. The van der Waals surface area contributed by atoms with Crippen LogP contribution >= 0.6 is 0 Å². The fourth-order valence-electron chi connectivity index (χ4n) is 2.30. The van der Waals surface area contributed by atoms with Gasteiger partial charge in [-0.3, -0.25) is 4.79 Å². The van der Waals surface area contributed by atoms with Gasteiger partial charge in [0.15, 0.2) is 0 Å². The number of amides is 1. The van der Waals surface area contributed by atoms with Crippen LogP contribution in [0.2, 0.25) is 0 Å². The van der Waals surface area contributed by atoms with Crippen molar-refractivity contribution in [2.75, 3.05) is 32.8 Å². The van der Waals surface area contributed by atoms with Crippen LogP contribution in [-0.2, 0) is 9.53 Å². The van der Waals surface area contributed by atoms with E-state index in [1.54, 1.807) is 6.20 Å². The molecular formula is C17H29N3O2. The zero-order valence-electron chi connectivity index (χ0n) is 13.9. The van der Waals surface area contributed by atoms with Gasteiger partial charge in [-0.15, -0.1) is 0 Å². The molecule has 0 radical (unpaired) electrons. The molecule has 124 valence electrons. The van der Waals surface area contributed by atoms with Crippen molar-refractivity contribution >= 4 is 5.91 Å². The molecule has 1 heterocycles. The molecule has 0 unspecified atom stereocenters. The van der Waals surface area contributed by atoms with E-state index < -0.39 is 0 Å². The summed E-state index contributed by atoms with van der Waals surface area (Å²) in [4.78, 5) is 14.1. The first-order valence-corrected chi connectivity index (χ1v) is 8.39. The van der Waals surface area contributed by atoms with Gasteiger partial charge in [-0.05, 0) is 31.6 Å². The SMILES string of the molecule is CCCCOCCCNC(=O)/C(C#N)=C\N1CCC(C)CC1. The molecule has 1 N–H and O–H groups in total. The molecule has 0 aromatic carbocycles. The summed E-state index contributed by atoms with van der Waals surface area (Å²) in [5, 5.41) is 11.9. The van der Waals surface area contributed by atoms with Crippen LogP contribution in [0, 0.1) is 17.2 Å². The molecule has 0 bridgehead atoms. The Bertz CT molecular complexity index is 393. The number of nitrogens with zero attached hydrogens (tertiary/aromatic N) is 2. The second-order valence-corrected chi connectivity index (χ2v) is 5.95. The van der Waals surface area contributed by atoms with E-state index in [4.69, 9.17) is 10.00 Å². The summed E-state index contributed by atoms with van der Waals surface area (Å²) in [6.45, 7) is 8.18. The van der Waals surface area contributed by atoms with E-state index in [1.807, 2.05) is 6.07 Å². The molecule has 22 heavy (non-hydrogen) atoms. The normalized spacial score (nSPS) is 16.4. The van der Waals surface area contributed by atoms with Gasteiger partial charge in [0.05, 0.1) is 0 Å². The minimum absolute atomic E-state index is 0.196. The number of nitriles is 1. The molecule has 1 aliphatic heterocycles. The minimum atomic E-state index is -0.283. The fourth-order valence-corrected chi connectivity index (χ4v) is 2.30. The van der Waals surface area contributed by atoms with Gasteiger partial charge in [0.2, 0.25) is 0 Å². The van der Waals surface area contributed by atoms with Crippen molar-refractivity contribution in [2.24, 2.45) is 5.92 Å². The summed E-state index contributed by atoms with van der Waals surface area (Å²) in [7, 11) is 0. The van der Waals surface area contributed by atoms with Crippen LogP contribution in [-0.4, -0.2) is 43.7 Å². The molecule has 0 aromatic heterocycles. The number of carbonyl (C=O) groups excluding carboxylic acids is 1. The predicted octanol–water partition coefficient (Wildman–Crippen LogP) is 2.45. The monoisotopic (exact) mass is 307 g/mol. The quantitative estimate of drug-likeness (QED) is 0.404. The maximum absolute atomic E-state index is 12.0. The number of ether oxygens (including phenoxy) is 1. The second kappa shape index (κ2) is 11.1. The zero-order chi connectivity index (χ0) is 16.2. The third-order valence-corrected chi connectivity index (χ3v) is 3.89. The Labute approximate surface area is 134 Å². The number of hydrogen-bond donors (Lipinski definition) is 1. The highest BCUT2D eigenvalue weighted by Gasteiger charge is 2.16. The molecule has 1 aliphatic rings. The van der Waals surface area contributed by atoms with Gasteiger partial charge < -0.3 is 15.0 Å². The van der Waals surface area contributed by atoms with Crippen LogP contribution in [0.5, 0.6) is 0 Å². The number of carbonyl (C=O) groups is 1. The number of hydrogen-bond acceptors (Lipinski definition) is 4. The third kappa shape index (κ3) is 7.46. The van der Waals surface area contributed by atoms with Crippen molar-refractivity contribution in [1.29, 1.82) is 5.26 Å². The summed E-state index contributed by atoms with van der Waals surface area (Å²) in [5.41, 5.74) is 0.196. The molecule has 0 aromatic rings. The summed E-state index contributed by atoms with van der Waals surface area (Å²) >= 11 is 0. The van der Waals surface area contributed by atoms with Gasteiger partial charge in [-0.2, -0.15) is 5.26 Å². The molecule has 1 amide bonds. The van der Waals surface area contributed by atoms with E-state index in [1.165, 1.54) is 0 Å². The Kier molecular flexibility index (Phi) is 9.33. The second-order valence-electron chi connectivity index (χ2n) is 5.95. The first-order chi connectivity index (χ1) is 10.7. The molecule has 0 aliphatic carbocycles. The number of piperidine rings is 1. The highest BCUT2D eigenvalue weighted by atomic mass is 16.5. The highest BCUT2D eigenvalue weighted by Crippen LogP contribution is 2.16. The number of rotatable bonds is 9. The lowest BCUT2D eigenvalue weighted by atomic mass is 9.99. The van der Waals surface area contributed by atoms with Gasteiger partial charge in [0.25, 0.3) is 5.91 Å². The smallest absolute Gasteiger partial charge is 0.263 e. The Morgan fingerprint density at radius 2 is 2.05 bits per heavy atom. The first kappa shape index (κ1) is 18.5. The van der Waals surface area contributed by atoms with Crippen molar-refractivity contribution in [3.8, 4) is 6.07 Å². The molecule has 5 heteroatoms. The van der Waals surface area contributed by atoms with Gasteiger partial charge in [0, 0.05) is 39.0 Å². The van der Waals surface area contributed by atoms with E-state index in [2.05, 4.69) is 24.1 Å². The predicted molar refractivity (Wildman–Crippen MR) is 87.0 cm³/mol. The number of unbranched alkanes of at least 4 members (excludes halogenated alkanes) is 1. The van der Waals surface area contributed by atoms with E-state index in [0.717, 1.165) is 57.7 Å². The molecule has 1 fully saturated rings. The zero-order valence-corrected chi connectivity index (χ0v) is 13.9. The molecule has 0 spiro atoms. The van der Waals surface area contributed by atoms with Crippen LogP contribution in [0.3, 0.4) is 0 Å². The summed E-state index contributed by atoms with van der Waals surface area (Å²) in [6.07, 6.45) is 6.91. The van der Waals surface area contributed by atoms with Crippen molar-refractivity contribution in [3.05, 3.63) is 11.8 Å². The van der Waals surface area contributed by atoms with Crippen molar-refractivity contribution in [1.82, 2.24) is 10.2 Å². The van der Waals surface area contributed by atoms with Crippen molar-refractivity contribution < 1.29 is 9.53 Å². The summed E-state index contributed by atoms with van der Waals surface area (Å²) in [5.74, 6) is 0.450. The van der Waals surface area contributed by atoms with E-state index in [0.29, 0.717) is 13.2 Å². The standard InChI is InChI=1S/C17H29N3O2/c1-3-4-11-22-12-5-8-19-17(21)16(13-18)14-20-9-6-15(2)7-10-20/h14-15H,3-12H2,1-2H3,(H,19,21)/b16-14-. The van der Waals surface area contributed by atoms with Crippen molar-refractivity contribution in [2.45, 2.75) is 46.0 Å². The molecule has 5 nitrogen and oxygen atoms in total. The maximum Gasteiger partial charge on any atom is 0.263 e. The largest absolute Gasteiger partial charge is 0.381 e. The minimum Gasteiger partial charge on any atom is -0.381 e. The van der Waals surface area contributed by atoms with Gasteiger partial charge >= 0.3 is 0 Å². The lowest BCUT2D eigenvalue weighted by molar-refractivity contribution is -0.117. The van der Waals surface area contributed by atoms with Gasteiger partial charge in [-0.25, -0.2) is 0 Å². The fraction of sp³-hybridized carbons (Fsp3) is 0.765. The van der Waals surface area contributed by atoms with Crippen molar-refractivity contribution in [3.63, 3.8) is 0 Å². The first-order valence-electron chi connectivity index (χ1n) is 8.39. The molecule has 0 atom stereocenters. The van der Waals surface area contributed by atoms with E-state index in [-0.39, 0.29) is 11.5 Å². The summed E-state index contributed by atoms with van der Waals surface area (Å²) < 4.78 is 5.44. The third-order valence-electron chi connectivity index (χ3n) is 3.89. The van der Waals surface area contributed by atoms with Crippen LogP contribution in [0.4, 0.5) is 0 Å². The van der Waals surface area contributed by atoms with Crippen LogP contribution < -0.4 is 5.32 Å². The maximum atomic E-state index is 12.0. The Balaban J connectivity index is 2.25. The topological polar surface area (TPSA) is 65.4 Å². The van der Waals surface area contributed by atoms with E-state index in [9.17, 15) is 4.79 Å². The van der Waals surface area contributed by atoms with Crippen LogP contribution in [0.25, 0.3) is 0 Å². The van der Waals surface area contributed by atoms with Crippen LogP contribution in [0.1, 0.15) is 46.0 Å². The highest BCUT2D eigenvalue weighted by molar-refractivity contribution is 5.97. The van der Waals surface area contributed by atoms with Gasteiger partial charge in [0.1, 0.15) is 11.6 Å². The lowest BCUT2D eigenvalue weighted by Gasteiger charge is -2.29. The van der Waals surface area contributed by atoms with Crippen LogP contribution in [0.15, 0.2) is 11.8 Å². The average Bonchev–Trinajstić information content (AvgIpc) is 2.53. The molecule has 1 rings (SSSR count). The summed E-state index contributed by atoms with van der Waals surface area (Å²) in [6, 6.07) is 2.01. The van der Waals surface area contributed by atoms with E-state index >= 15 is 0 Å². The number of likely N-dealkylation sites (tertiary alicyclic amines) is 1. The molecule has 1 saturated heterocycles. The molecular weight excluding hydrogens is 278 g/mol. The number of nitrogens with one attached hydrogen (secondary N) is 1. The Hall–Kier alpha value is -1.54. The Morgan fingerprint density at radius 3 is 2.68 bits per heavy atom. The Morgan fingerprint density at radius 1 is 1.36 bits per heavy atom.